The Morgan fingerprint density at radius 3 is 2.36 bits per heavy atom. The largest absolute Gasteiger partial charge is 0.481 e. The van der Waals surface area contributed by atoms with E-state index in [1.165, 1.54) is 6.07 Å². The molecule has 22 heavy (non-hydrogen) atoms. The molecule has 5 nitrogen and oxygen atoms in total. The molecule has 0 bridgehead atoms. The van der Waals surface area contributed by atoms with E-state index in [9.17, 15) is 14.7 Å². The molecule has 0 heterocycles. The second-order valence-corrected chi connectivity index (χ2v) is 6.80. The molecule has 0 saturated carbocycles. The summed E-state index contributed by atoms with van der Waals surface area (Å²) in [6.07, 6.45) is 0.117. The predicted molar refractivity (Wildman–Crippen MR) is 85.1 cm³/mol. The average molecular weight is 348 g/mol. The van der Waals surface area contributed by atoms with Gasteiger partial charge in [-0.15, -0.1) is 0 Å². The molecular weight excluding hydrogens is 329 g/mol. The van der Waals surface area contributed by atoms with Crippen molar-refractivity contribution in [2.45, 2.75) is 38.8 Å². The van der Waals surface area contributed by atoms with Crippen molar-refractivity contribution < 1.29 is 19.4 Å². The molecule has 0 amide bonds. The zero-order chi connectivity index (χ0) is 17.1. The van der Waals surface area contributed by atoms with Crippen molar-refractivity contribution in [3.8, 4) is 0 Å². The monoisotopic (exact) mass is 347 g/mol. The van der Waals surface area contributed by atoms with Crippen LogP contribution in [0, 0.1) is 5.92 Å². The van der Waals surface area contributed by atoms with E-state index >= 15 is 0 Å². The van der Waals surface area contributed by atoms with Crippen LogP contribution in [0.1, 0.15) is 26.3 Å². The van der Waals surface area contributed by atoms with Gasteiger partial charge in [-0.3, -0.25) is 9.59 Å². The number of hydrogen-bond donors (Lipinski definition) is 2. The number of carbonyl (C=O) groups excluding carboxylic acids is 1. The third kappa shape index (κ3) is 5.48. The quantitative estimate of drug-likeness (QED) is 0.631. The first-order valence-electron chi connectivity index (χ1n) is 6.66. The second kappa shape index (κ2) is 7.31. The van der Waals surface area contributed by atoms with Crippen molar-refractivity contribution >= 4 is 35.1 Å². The number of carboxylic acids is 1. The standard InChI is InChI=1S/C15H19Cl2NO4/c1-15(2,3)22-14(21)12(13(19)20)11(18)6-8-4-5-9(16)7-10(8)17/h4-5,7,11-12H,6,18H2,1-3H3,(H,19,20)/t11?,12-/m0/s1. The van der Waals surface area contributed by atoms with E-state index in [0.717, 1.165) is 0 Å². The third-order valence-corrected chi connectivity index (χ3v) is 3.41. The molecule has 0 aliphatic carbocycles. The van der Waals surface area contributed by atoms with Crippen LogP contribution in [-0.4, -0.2) is 28.7 Å². The Balaban J connectivity index is 2.92. The highest BCUT2D eigenvalue weighted by Gasteiger charge is 2.36. The first-order valence-corrected chi connectivity index (χ1v) is 7.42. The van der Waals surface area contributed by atoms with E-state index in [1.807, 2.05) is 0 Å². The molecule has 0 aliphatic rings. The van der Waals surface area contributed by atoms with Gasteiger partial charge in [0.1, 0.15) is 5.60 Å². The van der Waals surface area contributed by atoms with Crippen molar-refractivity contribution in [3.63, 3.8) is 0 Å². The summed E-state index contributed by atoms with van der Waals surface area (Å²) < 4.78 is 5.12. The molecule has 0 aliphatic heterocycles. The zero-order valence-electron chi connectivity index (χ0n) is 12.6. The molecule has 1 unspecified atom stereocenters. The number of esters is 1. The maximum Gasteiger partial charge on any atom is 0.322 e. The normalized spacial score (nSPS) is 14.3. The summed E-state index contributed by atoms with van der Waals surface area (Å²) in [6.45, 7) is 4.97. The van der Waals surface area contributed by atoms with Gasteiger partial charge in [0.2, 0.25) is 0 Å². The number of nitrogens with two attached hydrogens (primary N) is 1. The number of carbonyl (C=O) groups is 2. The summed E-state index contributed by atoms with van der Waals surface area (Å²) in [7, 11) is 0. The third-order valence-electron chi connectivity index (χ3n) is 2.83. The first kappa shape index (κ1) is 18.7. The lowest BCUT2D eigenvalue weighted by atomic mass is 9.94. The van der Waals surface area contributed by atoms with Crippen LogP contribution in [0.15, 0.2) is 18.2 Å². The van der Waals surface area contributed by atoms with Gasteiger partial charge in [0.15, 0.2) is 5.92 Å². The SMILES string of the molecule is CC(C)(C)OC(=O)[C@H](C(=O)O)C(N)Cc1ccc(Cl)cc1Cl. The molecule has 3 N–H and O–H groups in total. The minimum Gasteiger partial charge on any atom is -0.481 e. The molecule has 0 radical (unpaired) electrons. The van der Waals surface area contributed by atoms with Crippen LogP contribution in [0.4, 0.5) is 0 Å². The van der Waals surface area contributed by atoms with Crippen molar-refractivity contribution in [1.29, 1.82) is 0 Å². The molecule has 1 aromatic carbocycles. The van der Waals surface area contributed by atoms with Gasteiger partial charge in [-0.1, -0.05) is 29.3 Å². The lowest BCUT2D eigenvalue weighted by molar-refractivity contribution is -0.167. The van der Waals surface area contributed by atoms with Gasteiger partial charge in [0, 0.05) is 16.1 Å². The van der Waals surface area contributed by atoms with Crippen LogP contribution in [-0.2, 0) is 20.7 Å². The molecule has 0 saturated heterocycles. The fourth-order valence-corrected chi connectivity index (χ4v) is 2.37. The van der Waals surface area contributed by atoms with E-state index in [2.05, 4.69) is 0 Å². The molecule has 7 heteroatoms. The molecule has 1 aromatic rings. The van der Waals surface area contributed by atoms with Crippen LogP contribution in [0.5, 0.6) is 0 Å². The lowest BCUT2D eigenvalue weighted by Gasteiger charge is -2.25. The van der Waals surface area contributed by atoms with Crippen LogP contribution in [0.3, 0.4) is 0 Å². The summed E-state index contributed by atoms with van der Waals surface area (Å²) in [6, 6.07) is 3.84. The molecule has 0 spiro atoms. The summed E-state index contributed by atoms with van der Waals surface area (Å²) in [5.74, 6) is -3.66. The Bertz CT molecular complexity index is 569. The topological polar surface area (TPSA) is 89.6 Å². The summed E-state index contributed by atoms with van der Waals surface area (Å²) in [5.41, 5.74) is 5.73. The fraction of sp³-hybridized carbons (Fsp3) is 0.467. The number of benzene rings is 1. The summed E-state index contributed by atoms with van der Waals surface area (Å²) in [5, 5.41) is 10.1. The van der Waals surface area contributed by atoms with E-state index in [1.54, 1.807) is 32.9 Å². The highest BCUT2D eigenvalue weighted by atomic mass is 35.5. The highest BCUT2D eigenvalue weighted by molar-refractivity contribution is 6.35. The maximum atomic E-state index is 12.0. The van der Waals surface area contributed by atoms with Crippen LogP contribution in [0.25, 0.3) is 0 Å². The number of rotatable bonds is 5. The number of aliphatic carboxylic acids is 1. The zero-order valence-corrected chi connectivity index (χ0v) is 14.1. The predicted octanol–water partition coefficient (Wildman–Crippen LogP) is 2.91. The Hall–Kier alpha value is -1.30. The maximum absolute atomic E-state index is 12.0. The minimum absolute atomic E-state index is 0.117. The molecule has 0 fully saturated rings. The Morgan fingerprint density at radius 1 is 1.32 bits per heavy atom. The molecular formula is C15H19Cl2NO4. The molecule has 0 aromatic heterocycles. The van der Waals surface area contributed by atoms with Crippen LogP contribution >= 0.6 is 23.2 Å². The Morgan fingerprint density at radius 2 is 1.91 bits per heavy atom. The smallest absolute Gasteiger partial charge is 0.322 e. The van der Waals surface area contributed by atoms with Gasteiger partial charge in [-0.05, 0) is 44.9 Å². The molecule has 1 rings (SSSR count). The molecule has 2 atom stereocenters. The van der Waals surface area contributed by atoms with Gasteiger partial charge < -0.3 is 15.6 Å². The van der Waals surface area contributed by atoms with Gasteiger partial charge in [-0.2, -0.15) is 0 Å². The Labute approximate surface area is 139 Å². The van der Waals surface area contributed by atoms with Gasteiger partial charge in [0.25, 0.3) is 0 Å². The minimum atomic E-state index is -1.47. The summed E-state index contributed by atoms with van der Waals surface area (Å²) in [4.78, 5) is 23.4. The number of ether oxygens (including phenoxy) is 1. The van der Waals surface area contributed by atoms with E-state index < -0.39 is 29.5 Å². The van der Waals surface area contributed by atoms with Crippen LogP contribution < -0.4 is 5.73 Å². The molecule has 122 valence electrons. The van der Waals surface area contributed by atoms with Crippen molar-refractivity contribution in [1.82, 2.24) is 0 Å². The highest BCUT2D eigenvalue weighted by Crippen LogP contribution is 2.24. The number of carboxylic acid groups (broad SMARTS) is 1. The number of halogens is 2. The summed E-state index contributed by atoms with van der Waals surface area (Å²) >= 11 is 11.8. The van der Waals surface area contributed by atoms with E-state index in [0.29, 0.717) is 15.6 Å². The van der Waals surface area contributed by atoms with Gasteiger partial charge in [0.05, 0.1) is 0 Å². The van der Waals surface area contributed by atoms with Gasteiger partial charge >= 0.3 is 11.9 Å². The van der Waals surface area contributed by atoms with E-state index in [-0.39, 0.29) is 6.42 Å². The first-order chi connectivity index (χ1) is 10.0. The average Bonchev–Trinajstić information content (AvgIpc) is 2.29. The van der Waals surface area contributed by atoms with Gasteiger partial charge in [-0.25, -0.2) is 0 Å². The fourth-order valence-electron chi connectivity index (χ4n) is 1.88. The van der Waals surface area contributed by atoms with Crippen molar-refractivity contribution in [2.75, 3.05) is 0 Å². The Kier molecular flexibility index (Phi) is 6.23. The second-order valence-electron chi connectivity index (χ2n) is 5.95. The lowest BCUT2D eigenvalue weighted by Crippen LogP contribution is -2.45. The van der Waals surface area contributed by atoms with Crippen molar-refractivity contribution in [3.05, 3.63) is 33.8 Å². The number of hydrogen-bond acceptors (Lipinski definition) is 4. The van der Waals surface area contributed by atoms with Crippen LogP contribution in [0.2, 0.25) is 10.0 Å². The van der Waals surface area contributed by atoms with Crippen molar-refractivity contribution in [2.24, 2.45) is 11.7 Å². The van der Waals surface area contributed by atoms with E-state index in [4.69, 9.17) is 33.7 Å².